The van der Waals surface area contributed by atoms with E-state index in [1.807, 2.05) is 6.21 Å². The topological polar surface area (TPSA) is 40.1 Å². The monoisotopic (exact) mass is 336 g/mol. The van der Waals surface area contributed by atoms with Crippen LogP contribution in [0.15, 0.2) is 16.9 Å². The van der Waals surface area contributed by atoms with Gasteiger partial charge >= 0.3 is 0 Å². The Morgan fingerprint density at radius 1 is 1.38 bits per heavy atom. The van der Waals surface area contributed by atoms with Crippen molar-refractivity contribution in [1.29, 1.82) is 0 Å². The maximum atomic E-state index is 5.73. The molecule has 5 nitrogen and oxygen atoms in total. The quantitative estimate of drug-likeness (QED) is 0.598. The lowest BCUT2D eigenvalue weighted by molar-refractivity contribution is 0.0161. The smallest absolute Gasteiger partial charge is 0.130 e. The van der Waals surface area contributed by atoms with Gasteiger partial charge < -0.3 is 15.1 Å². The lowest BCUT2D eigenvalue weighted by Crippen LogP contribution is -2.44. The van der Waals surface area contributed by atoms with Gasteiger partial charge in [0.2, 0.25) is 0 Å². The summed E-state index contributed by atoms with van der Waals surface area (Å²) in [6, 6.07) is 0.478. The molecule has 1 fully saturated rings. The van der Waals surface area contributed by atoms with Gasteiger partial charge in [-0.25, -0.2) is 0 Å². The molecule has 2 aliphatic rings. The summed E-state index contributed by atoms with van der Waals surface area (Å²) in [6.45, 7) is 16.2. The highest BCUT2D eigenvalue weighted by atomic mass is 16.6. The zero-order valence-electron chi connectivity index (χ0n) is 16.2. The molecule has 138 valence electrons. The Bertz CT molecular complexity index is 433. The maximum absolute atomic E-state index is 5.73. The predicted octanol–water partition coefficient (Wildman–Crippen LogP) is 2.84. The minimum atomic E-state index is 0.171. The second kappa shape index (κ2) is 8.86. The van der Waals surface area contributed by atoms with E-state index in [-0.39, 0.29) is 11.6 Å². The first-order chi connectivity index (χ1) is 11.4. The zero-order valence-corrected chi connectivity index (χ0v) is 16.2. The van der Waals surface area contributed by atoms with E-state index in [1.54, 1.807) is 0 Å². The van der Waals surface area contributed by atoms with Crippen LogP contribution >= 0.6 is 0 Å². The number of hydrogen-bond donors (Lipinski definition) is 1. The highest BCUT2D eigenvalue weighted by molar-refractivity contribution is 5.58. The average molecular weight is 337 g/mol. The van der Waals surface area contributed by atoms with Crippen LogP contribution in [0.2, 0.25) is 0 Å². The van der Waals surface area contributed by atoms with Crippen molar-refractivity contribution in [3.05, 3.63) is 11.8 Å². The summed E-state index contributed by atoms with van der Waals surface area (Å²) < 4.78 is 0. The third-order valence-electron chi connectivity index (χ3n) is 5.12. The fourth-order valence-corrected chi connectivity index (χ4v) is 3.56. The molecule has 0 amide bonds. The molecule has 1 unspecified atom stereocenters. The Hall–Kier alpha value is -1.07. The van der Waals surface area contributed by atoms with Crippen LogP contribution in [-0.4, -0.2) is 66.4 Å². The van der Waals surface area contributed by atoms with E-state index in [0.29, 0.717) is 6.04 Å². The first kappa shape index (κ1) is 19.3. The Balaban J connectivity index is 1.71. The molecule has 5 heteroatoms. The van der Waals surface area contributed by atoms with Crippen molar-refractivity contribution in [3.8, 4) is 0 Å². The van der Waals surface area contributed by atoms with Crippen molar-refractivity contribution >= 4 is 6.21 Å². The molecule has 0 radical (unpaired) electrons. The molecular formula is C19H36N4O. The number of hydrogen-bond acceptors (Lipinski definition) is 5. The Kier molecular flexibility index (Phi) is 7.11. The summed E-state index contributed by atoms with van der Waals surface area (Å²) in [6.07, 6.45) is 7.82. The van der Waals surface area contributed by atoms with Crippen molar-refractivity contribution in [2.45, 2.75) is 71.6 Å². The zero-order chi connectivity index (χ0) is 17.6. The molecule has 1 saturated heterocycles. The van der Waals surface area contributed by atoms with Crippen molar-refractivity contribution in [3.63, 3.8) is 0 Å². The molecule has 0 aromatic carbocycles. The summed E-state index contributed by atoms with van der Waals surface area (Å²) in [5, 5.41) is 7.78. The van der Waals surface area contributed by atoms with E-state index >= 15 is 0 Å². The molecule has 2 aliphatic heterocycles. The lowest BCUT2D eigenvalue weighted by atomic mass is 10.0. The van der Waals surface area contributed by atoms with Gasteiger partial charge in [-0.1, -0.05) is 18.2 Å². The van der Waals surface area contributed by atoms with Gasteiger partial charge in [-0.3, -0.25) is 4.90 Å². The number of nitrogens with one attached hydrogen (secondary N) is 1. The second-order valence-corrected chi connectivity index (χ2v) is 7.88. The summed E-state index contributed by atoms with van der Waals surface area (Å²) >= 11 is 0. The normalized spacial score (nSPS) is 23.8. The Morgan fingerprint density at radius 3 is 2.67 bits per heavy atom. The van der Waals surface area contributed by atoms with Crippen LogP contribution < -0.4 is 5.32 Å². The first-order valence-corrected chi connectivity index (χ1v) is 9.53. The molecule has 0 bridgehead atoms. The molecular weight excluding hydrogens is 300 g/mol. The number of rotatable bonds is 6. The maximum Gasteiger partial charge on any atom is 0.130 e. The van der Waals surface area contributed by atoms with E-state index < -0.39 is 0 Å². The molecule has 2 rings (SSSR count). The lowest BCUT2D eigenvalue weighted by Gasteiger charge is -2.38. The van der Waals surface area contributed by atoms with Crippen LogP contribution in [0.3, 0.4) is 0 Å². The summed E-state index contributed by atoms with van der Waals surface area (Å²) in [5.74, 6) is 0. The van der Waals surface area contributed by atoms with Gasteiger partial charge in [0.1, 0.15) is 6.10 Å². The minimum Gasteiger partial charge on any atom is -0.393 e. The molecule has 2 heterocycles. The van der Waals surface area contributed by atoms with Gasteiger partial charge in [0, 0.05) is 49.8 Å². The third-order valence-corrected chi connectivity index (χ3v) is 5.12. The van der Waals surface area contributed by atoms with Gasteiger partial charge in [0.05, 0.1) is 6.21 Å². The van der Waals surface area contributed by atoms with E-state index in [1.165, 1.54) is 5.70 Å². The summed E-state index contributed by atoms with van der Waals surface area (Å²) in [4.78, 5) is 10.6. The Morgan fingerprint density at radius 2 is 2.08 bits per heavy atom. The van der Waals surface area contributed by atoms with E-state index in [4.69, 9.17) is 4.84 Å². The van der Waals surface area contributed by atoms with E-state index in [9.17, 15) is 0 Å². The van der Waals surface area contributed by atoms with Crippen molar-refractivity contribution in [2.75, 3.05) is 32.7 Å². The van der Waals surface area contributed by atoms with Crippen LogP contribution in [0.25, 0.3) is 0 Å². The van der Waals surface area contributed by atoms with E-state index in [0.717, 1.165) is 52.0 Å². The third kappa shape index (κ3) is 5.49. The molecule has 1 atom stereocenters. The number of nitrogens with zero attached hydrogens (tertiary/aromatic N) is 3. The van der Waals surface area contributed by atoms with Gasteiger partial charge in [0.15, 0.2) is 0 Å². The van der Waals surface area contributed by atoms with Crippen LogP contribution in [0.1, 0.15) is 53.9 Å². The van der Waals surface area contributed by atoms with Gasteiger partial charge in [-0.05, 0) is 47.2 Å². The standard InChI is InChI=1S/C19H36N4O/c1-6-23(19(3,4)5)15-12-21-24-17-9-13-22(14-10-17)18-8-7-11-20-16(18)2/h8,12,16-17,20H,6-7,9-11,13-15H2,1-5H3/b21-12+. The van der Waals surface area contributed by atoms with Gasteiger partial charge in [0.25, 0.3) is 0 Å². The highest BCUT2D eigenvalue weighted by Crippen LogP contribution is 2.21. The summed E-state index contributed by atoms with van der Waals surface area (Å²) in [7, 11) is 0. The molecule has 0 aliphatic carbocycles. The van der Waals surface area contributed by atoms with Crippen LogP contribution in [-0.2, 0) is 4.84 Å². The van der Waals surface area contributed by atoms with Crippen molar-refractivity contribution in [2.24, 2.45) is 5.16 Å². The molecule has 0 aromatic heterocycles. The van der Waals surface area contributed by atoms with Crippen LogP contribution in [0.4, 0.5) is 0 Å². The van der Waals surface area contributed by atoms with Crippen LogP contribution in [0, 0.1) is 0 Å². The number of likely N-dealkylation sites (tertiary alicyclic amines) is 1. The van der Waals surface area contributed by atoms with Crippen LogP contribution in [0.5, 0.6) is 0 Å². The minimum absolute atomic E-state index is 0.171. The number of oxime groups is 1. The Labute approximate surface area is 148 Å². The highest BCUT2D eigenvalue weighted by Gasteiger charge is 2.25. The fourth-order valence-electron chi connectivity index (χ4n) is 3.56. The number of piperidine rings is 1. The molecule has 0 aromatic rings. The predicted molar refractivity (Wildman–Crippen MR) is 101 cm³/mol. The second-order valence-electron chi connectivity index (χ2n) is 7.88. The van der Waals surface area contributed by atoms with E-state index in [2.05, 4.69) is 61.0 Å². The SMILES string of the molecule is CCN(C/C=N/OC1CCN(C2=CCCNC2C)CC1)C(C)(C)C. The largest absolute Gasteiger partial charge is 0.393 e. The molecule has 1 N–H and O–H groups in total. The fraction of sp³-hybridized carbons (Fsp3) is 0.842. The van der Waals surface area contributed by atoms with Gasteiger partial charge in [-0.2, -0.15) is 0 Å². The van der Waals surface area contributed by atoms with Crippen molar-refractivity contribution in [1.82, 2.24) is 15.1 Å². The average Bonchev–Trinajstić information content (AvgIpc) is 2.55. The van der Waals surface area contributed by atoms with Crippen molar-refractivity contribution < 1.29 is 4.84 Å². The summed E-state index contributed by atoms with van der Waals surface area (Å²) in [5.41, 5.74) is 1.64. The molecule has 24 heavy (non-hydrogen) atoms. The molecule has 0 saturated carbocycles. The van der Waals surface area contributed by atoms with Gasteiger partial charge in [-0.15, -0.1) is 0 Å². The first-order valence-electron chi connectivity index (χ1n) is 9.53. The molecule has 0 spiro atoms.